The van der Waals surface area contributed by atoms with Crippen molar-refractivity contribution in [1.29, 1.82) is 5.26 Å². The van der Waals surface area contributed by atoms with E-state index >= 15 is 0 Å². The van der Waals surface area contributed by atoms with Gasteiger partial charge in [-0.2, -0.15) is 5.26 Å². The predicted octanol–water partition coefficient (Wildman–Crippen LogP) is 4.72. The van der Waals surface area contributed by atoms with E-state index in [0.717, 1.165) is 34.9 Å². The van der Waals surface area contributed by atoms with Crippen LogP contribution in [0.15, 0.2) is 48.7 Å². The van der Waals surface area contributed by atoms with Crippen LogP contribution in [0.4, 0.5) is 0 Å². The smallest absolute Gasteiger partial charge is 0.253 e. The molecule has 1 aliphatic carbocycles. The summed E-state index contributed by atoms with van der Waals surface area (Å²) in [5.74, 6) is 0.0741. The molecule has 1 aromatic heterocycles. The fraction of sp³-hybridized carbons (Fsp3) is 0.273. The summed E-state index contributed by atoms with van der Waals surface area (Å²) < 4.78 is 0. The van der Waals surface area contributed by atoms with Crippen molar-refractivity contribution >= 4 is 16.8 Å². The van der Waals surface area contributed by atoms with Gasteiger partial charge in [0.1, 0.15) is 6.07 Å². The van der Waals surface area contributed by atoms with E-state index in [1.165, 1.54) is 12.8 Å². The van der Waals surface area contributed by atoms with E-state index in [2.05, 4.69) is 11.1 Å². The summed E-state index contributed by atoms with van der Waals surface area (Å²) in [6, 6.07) is 16.2. The van der Waals surface area contributed by atoms with Crippen molar-refractivity contribution in [1.82, 2.24) is 9.88 Å². The summed E-state index contributed by atoms with van der Waals surface area (Å²) in [4.78, 5) is 17.7. The third-order valence-electron chi connectivity index (χ3n) is 5.48. The van der Waals surface area contributed by atoms with Gasteiger partial charge in [0.05, 0.1) is 5.56 Å². The van der Waals surface area contributed by atoms with Gasteiger partial charge in [-0.1, -0.05) is 31.0 Å². The number of H-pyrrole nitrogens is 1. The number of nitriles is 1. The van der Waals surface area contributed by atoms with E-state index in [1.807, 2.05) is 60.6 Å². The molecule has 0 aliphatic heterocycles. The molecule has 3 aromatic rings. The second-order valence-electron chi connectivity index (χ2n) is 6.97. The molecular weight excluding hydrogens is 322 g/mol. The molecule has 0 saturated heterocycles. The van der Waals surface area contributed by atoms with E-state index in [-0.39, 0.29) is 5.91 Å². The van der Waals surface area contributed by atoms with Gasteiger partial charge < -0.3 is 9.88 Å². The zero-order valence-corrected chi connectivity index (χ0v) is 14.8. The molecule has 1 amide bonds. The summed E-state index contributed by atoms with van der Waals surface area (Å²) in [6.07, 6.45) is 6.46. The molecule has 1 saturated carbocycles. The predicted molar refractivity (Wildman–Crippen MR) is 103 cm³/mol. The van der Waals surface area contributed by atoms with Crippen molar-refractivity contribution in [2.45, 2.75) is 31.7 Å². The quantitative estimate of drug-likeness (QED) is 0.748. The molecule has 0 atom stereocenters. The lowest BCUT2D eigenvalue weighted by Crippen LogP contribution is -2.35. The van der Waals surface area contributed by atoms with E-state index in [4.69, 9.17) is 0 Å². The number of nitrogens with zero attached hydrogens (tertiary/aromatic N) is 2. The number of carbonyl (C=O) groups excluding carboxylic acids is 1. The number of aromatic nitrogens is 1. The van der Waals surface area contributed by atoms with Crippen molar-refractivity contribution in [2.24, 2.45) is 0 Å². The summed E-state index contributed by atoms with van der Waals surface area (Å²) in [6.45, 7) is 0. The second kappa shape index (κ2) is 6.68. The molecule has 4 nitrogen and oxygen atoms in total. The van der Waals surface area contributed by atoms with Gasteiger partial charge >= 0.3 is 0 Å². The molecule has 130 valence electrons. The first-order valence-corrected chi connectivity index (χ1v) is 9.07. The van der Waals surface area contributed by atoms with Crippen molar-refractivity contribution in [3.05, 3.63) is 59.8 Å². The summed E-state index contributed by atoms with van der Waals surface area (Å²) >= 11 is 0. The topological polar surface area (TPSA) is 59.9 Å². The number of aromatic amines is 1. The molecule has 26 heavy (non-hydrogen) atoms. The first-order valence-electron chi connectivity index (χ1n) is 9.07. The Morgan fingerprint density at radius 1 is 1.12 bits per heavy atom. The molecule has 1 fully saturated rings. The highest BCUT2D eigenvalue weighted by molar-refractivity contribution is 5.96. The Morgan fingerprint density at radius 2 is 1.85 bits per heavy atom. The van der Waals surface area contributed by atoms with E-state index < -0.39 is 0 Å². The maximum Gasteiger partial charge on any atom is 0.253 e. The Hall–Kier alpha value is -3.06. The standard InChI is InChI=1S/C22H21N3O/c1-25(17-4-2-3-5-17)22(26)16-8-6-15(7-9-16)18-10-11-21-19(12-13-24-21)20(18)14-23/h6-13,17,24H,2-5H2,1H3. The van der Waals surface area contributed by atoms with Crippen LogP contribution in [0.2, 0.25) is 0 Å². The fourth-order valence-corrected chi connectivity index (χ4v) is 3.95. The number of amides is 1. The fourth-order valence-electron chi connectivity index (χ4n) is 3.95. The molecular formula is C22H21N3O. The highest BCUT2D eigenvalue weighted by Crippen LogP contribution is 2.30. The molecule has 0 spiro atoms. The normalized spacial score (nSPS) is 14.5. The molecule has 0 radical (unpaired) electrons. The van der Waals surface area contributed by atoms with Crippen LogP contribution >= 0.6 is 0 Å². The number of benzene rings is 2. The van der Waals surface area contributed by atoms with Crippen molar-refractivity contribution in [2.75, 3.05) is 7.05 Å². The Labute approximate surface area is 153 Å². The molecule has 2 aromatic carbocycles. The lowest BCUT2D eigenvalue weighted by molar-refractivity contribution is 0.0735. The number of rotatable bonds is 3. The average molecular weight is 343 g/mol. The SMILES string of the molecule is CN(C(=O)c1ccc(-c2ccc3[nH]ccc3c2C#N)cc1)C1CCCC1. The molecule has 1 heterocycles. The first-order chi connectivity index (χ1) is 12.7. The second-order valence-corrected chi connectivity index (χ2v) is 6.97. The lowest BCUT2D eigenvalue weighted by Gasteiger charge is -2.24. The molecule has 4 heteroatoms. The maximum atomic E-state index is 12.7. The van der Waals surface area contributed by atoms with Crippen LogP contribution in [0.5, 0.6) is 0 Å². The number of hydrogen-bond donors (Lipinski definition) is 1. The van der Waals surface area contributed by atoms with E-state index in [0.29, 0.717) is 17.2 Å². The number of hydrogen-bond acceptors (Lipinski definition) is 2. The van der Waals surface area contributed by atoms with Crippen LogP contribution in [0.3, 0.4) is 0 Å². The minimum absolute atomic E-state index is 0.0741. The van der Waals surface area contributed by atoms with E-state index in [9.17, 15) is 10.1 Å². The van der Waals surface area contributed by atoms with Gasteiger partial charge in [0, 0.05) is 41.3 Å². The Kier molecular flexibility index (Phi) is 4.22. The number of nitrogens with one attached hydrogen (secondary N) is 1. The Morgan fingerprint density at radius 3 is 2.54 bits per heavy atom. The molecule has 4 rings (SSSR count). The summed E-state index contributed by atoms with van der Waals surface area (Å²) in [5.41, 5.74) is 4.15. The van der Waals surface area contributed by atoms with Crippen LogP contribution in [0, 0.1) is 11.3 Å². The van der Waals surface area contributed by atoms with Crippen molar-refractivity contribution in [3.63, 3.8) is 0 Å². The maximum absolute atomic E-state index is 12.7. The van der Waals surface area contributed by atoms with Crippen molar-refractivity contribution < 1.29 is 4.79 Å². The zero-order valence-electron chi connectivity index (χ0n) is 14.8. The van der Waals surface area contributed by atoms with Gasteiger partial charge in [-0.3, -0.25) is 4.79 Å². The van der Waals surface area contributed by atoms with Gasteiger partial charge in [0.25, 0.3) is 5.91 Å². The summed E-state index contributed by atoms with van der Waals surface area (Å²) in [5, 5.41) is 10.5. The monoisotopic (exact) mass is 343 g/mol. The lowest BCUT2D eigenvalue weighted by atomic mass is 9.96. The number of carbonyl (C=O) groups is 1. The first kappa shape index (κ1) is 16.4. The third-order valence-corrected chi connectivity index (χ3v) is 5.48. The minimum Gasteiger partial charge on any atom is -0.361 e. The average Bonchev–Trinajstić information content (AvgIpc) is 3.37. The Bertz CT molecular complexity index is 988. The van der Waals surface area contributed by atoms with Gasteiger partial charge in [-0.05, 0) is 42.7 Å². The van der Waals surface area contributed by atoms with Crippen LogP contribution < -0.4 is 0 Å². The summed E-state index contributed by atoms with van der Waals surface area (Å²) in [7, 11) is 1.90. The molecule has 1 N–H and O–H groups in total. The van der Waals surface area contributed by atoms with Crippen LogP contribution in [0.25, 0.3) is 22.0 Å². The van der Waals surface area contributed by atoms with Crippen molar-refractivity contribution in [3.8, 4) is 17.2 Å². The largest absolute Gasteiger partial charge is 0.361 e. The van der Waals surface area contributed by atoms with Gasteiger partial charge in [-0.25, -0.2) is 0 Å². The number of fused-ring (bicyclic) bond motifs is 1. The van der Waals surface area contributed by atoms with Gasteiger partial charge in [-0.15, -0.1) is 0 Å². The third kappa shape index (κ3) is 2.76. The molecule has 0 bridgehead atoms. The zero-order chi connectivity index (χ0) is 18.1. The molecule has 0 unspecified atom stereocenters. The van der Waals surface area contributed by atoms with Crippen LogP contribution in [-0.4, -0.2) is 28.9 Å². The van der Waals surface area contributed by atoms with Crippen LogP contribution in [0.1, 0.15) is 41.6 Å². The molecule has 1 aliphatic rings. The highest BCUT2D eigenvalue weighted by Gasteiger charge is 2.24. The van der Waals surface area contributed by atoms with E-state index in [1.54, 1.807) is 0 Å². The van der Waals surface area contributed by atoms with Gasteiger partial charge in [0.15, 0.2) is 0 Å². The Balaban J connectivity index is 1.64. The highest BCUT2D eigenvalue weighted by atomic mass is 16.2. The minimum atomic E-state index is 0.0741. The van der Waals surface area contributed by atoms with Gasteiger partial charge in [0.2, 0.25) is 0 Å². The van der Waals surface area contributed by atoms with Crippen LogP contribution in [-0.2, 0) is 0 Å².